The molecule has 0 rings (SSSR count). The van der Waals surface area contributed by atoms with E-state index in [1.807, 2.05) is 12.2 Å². The van der Waals surface area contributed by atoms with Crippen molar-refractivity contribution in [1.82, 2.24) is 5.32 Å². The van der Waals surface area contributed by atoms with E-state index in [9.17, 15) is 34.1 Å². The summed E-state index contributed by atoms with van der Waals surface area (Å²) in [5.41, 5.74) is 0. The summed E-state index contributed by atoms with van der Waals surface area (Å²) in [6, 6.07) is -1.58. The number of carboxylic acid groups (broad SMARTS) is 1. The van der Waals surface area contributed by atoms with E-state index in [1.165, 1.54) is 38.5 Å². The van der Waals surface area contributed by atoms with Gasteiger partial charge in [-0.15, -0.1) is 0 Å². The molecule has 3 atom stereocenters. The van der Waals surface area contributed by atoms with E-state index in [0.29, 0.717) is 19.3 Å². The van der Waals surface area contributed by atoms with Crippen molar-refractivity contribution in [1.29, 1.82) is 0 Å². The van der Waals surface area contributed by atoms with Crippen molar-refractivity contribution >= 4 is 25.7 Å². The first-order valence-electron chi connectivity index (χ1n) is 21.1. The number of allylic oxidation sites excluding steroid dienone is 14. The Morgan fingerprint density at radius 3 is 1.49 bits per heavy atom. The van der Waals surface area contributed by atoms with Gasteiger partial charge in [0.25, 0.3) is 0 Å². The number of aliphatic hydroxyl groups is 1. The summed E-state index contributed by atoms with van der Waals surface area (Å²) < 4.78 is 26.7. The van der Waals surface area contributed by atoms with Crippen LogP contribution in [0.3, 0.4) is 0 Å². The number of unbranched alkanes of at least 4 members (excludes halogenated alkanes) is 10. The number of carbonyl (C=O) groups excluding carboxylic acids is 2. The lowest BCUT2D eigenvalue weighted by atomic mass is 10.1. The number of nitrogens with one attached hydrogen (secondary N) is 1. The predicted molar refractivity (Wildman–Crippen MR) is 231 cm³/mol. The van der Waals surface area contributed by atoms with Gasteiger partial charge in [0.15, 0.2) is 6.04 Å². The molecule has 0 aliphatic rings. The Morgan fingerprint density at radius 2 is 1.02 bits per heavy atom. The lowest BCUT2D eigenvalue weighted by Crippen LogP contribution is -2.43. The molecule has 324 valence electrons. The Bertz CT molecular complexity index is 1290. The number of carboxylic acids is 1. The highest BCUT2D eigenvalue weighted by Gasteiger charge is 2.28. The van der Waals surface area contributed by atoms with Gasteiger partial charge in [0.1, 0.15) is 12.7 Å². The molecule has 0 aliphatic heterocycles. The summed E-state index contributed by atoms with van der Waals surface area (Å²) in [7, 11) is -4.77. The van der Waals surface area contributed by atoms with E-state index in [-0.39, 0.29) is 12.8 Å². The van der Waals surface area contributed by atoms with Crippen molar-refractivity contribution in [2.24, 2.45) is 0 Å². The second-order valence-corrected chi connectivity index (χ2v) is 15.3. The van der Waals surface area contributed by atoms with Crippen LogP contribution in [-0.4, -0.2) is 64.9 Å². The van der Waals surface area contributed by atoms with Crippen LogP contribution < -0.4 is 5.32 Å². The molecule has 0 saturated carbocycles. The number of phosphoric ester groups is 1. The van der Waals surface area contributed by atoms with Crippen LogP contribution in [0.15, 0.2) is 85.1 Å². The van der Waals surface area contributed by atoms with Crippen molar-refractivity contribution in [2.45, 2.75) is 161 Å². The molecule has 0 fully saturated rings. The van der Waals surface area contributed by atoms with Crippen molar-refractivity contribution < 1.29 is 47.8 Å². The molecule has 0 bridgehead atoms. The monoisotopic (exact) mass is 820 g/mol. The zero-order valence-corrected chi connectivity index (χ0v) is 35.7. The molecule has 3 unspecified atom stereocenters. The number of phosphoric acid groups is 1. The molecule has 1 amide bonds. The van der Waals surface area contributed by atoms with Gasteiger partial charge in [-0.2, -0.15) is 0 Å². The van der Waals surface area contributed by atoms with Crippen LogP contribution in [0.5, 0.6) is 0 Å². The van der Waals surface area contributed by atoms with Gasteiger partial charge in [-0.25, -0.2) is 9.36 Å². The normalized spacial score (nSPS) is 14.6. The zero-order chi connectivity index (χ0) is 42.1. The Hall–Kier alpha value is -3.34. The molecule has 0 spiro atoms. The van der Waals surface area contributed by atoms with Gasteiger partial charge in [0.05, 0.1) is 13.2 Å². The summed E-state index contributed by atoms with van der Waals surface area (Å²) in [5, 5.41) is 21.7. The van der Waals surface area contributed by atoms with E-state index in [4.69, 9.17) is 13.8 Å². The molecule has 12 heteroatoms. The number of esters is 1. The third-order valence-electron chi connectivity index (χ3n) is 8.45. The topological polar surface area (TPSA) is 169 Å². The molecular weight excluding hydrogens is 745 g/mol. The molecule has 11 nitrogen and oxygen atoms in total. The molecule has 57 heavy (non-hydrogen) atoms. The molecular formula is C45H74NO10P. The van der Waals surface area contributed by atoms with Crippen LogP contribution in [0.25, 0.3) is 0 Å². The highest BCUT2D eigenvalue weighted by atomic mass is 31.2. The number of hydrogen-bond acceptors (Lipinski definition) is 8. The van der Waals surface area contributed by atoms with E-state index < -0.39 is 57.6 Å². The SMILES string of the molecule is CC/C=C\C/C=C\C/C=C\C/C=C\C/C=C\C/C=C\C/C=C\CCCC(=O)NC(COP(=O)(O)OCC(O)COC(=O)CCCCCCCCCCCC)C(=O)O. The number of hydrogen-bond donors (Lipinski definition) is 4. The summed E-state index contributed by atoms with van der Waals surface area (Å²) >= 11 is 0. The van der Waals surface area contributed by atoms with Crippen LogP contribution in [-0.2, 0) is 32.7 Å². The van der Waals surface area contributed by atoms with Crippen LogP contribution in [0.2, 0.25) is 0 Å². The van der Waals surface area contributed by atoms with Crippen LogP contribution in [0, 0.1) is 0 Å². The smallest absolute Gasteiger partial charge is 0.472 e. The summed E-state index contributed by atoms with van der Waals surface area (Å²) in [4.78, 5) is 45.8. The number of rotatable bonds is 38. The average Bonchev–Trinajstić information content (AvgIpc) is 3.18. The Balaban J connectivity index is 4.06. The van der Waals surface area contributed by atoms with E-state index in [2.05, 4.69) is 92.1 Å². The second kappa shape index (κ2) is 39.5. The molecule has 0 aromatic rings. The van der Waals surface area contributed by atoms with E-state index in [1.54, 1.807) is 0 Å². The first-order chi connectivity index (χ1) is 27.6. The molecule has 0 aromatic carbocycles. The molecule has 0 aromatic heterocycles. The molecule has 0 saturated heterocycles. The Labute approximate surface area is 343 Å². The van der Waals surface area contributed by atoms with E-state index >= 15 is 0 Å². The van der Waals surface area contributed by atoms with Crippen molar-refractivity contribution in [3.63, 3.8) is 0 Å². The number of carbonyl (C=O) groups is 3. The number of aliphatic carboxylic acids is 1. The van der Waals surface area contributed by atoms with Gasteiger partial charge in [-0.3, -0.25) is 18.6 Å². The van der Waals surface area contributed by atoms with Gasteiger partial charge >= 0.3 is 19.8 Å². The van der Waals surface area contributed by atoms with Gasteiger partial charge in [-0.1, -0.05) is 157 Å². The van der Waals surface area contributed by atoms with Crippen molar-refractivity contribution in [3.05, 3.63) is 85.1 Å². The number of aliphatic hydroxyl groups excluding tert-OH is 1. The molecule has 4 N–H and O–H groups in total. The average molecular weight is 820 g/mol. The largest absolute Gasteiger partial charge is 0.480 e. The quantitative estimate of drug-likeness (QED) is 0.0204. The highest BCUT2D eigenvalue weighted by molar-refractivity contribution is 7.47. The lowest BCUT2D eigenvalue weighted by Gasteiger charge is -2.18. The third-order valence-corrected chi connectivity index (χ3v) is 9.40. The van der Waals surface area contributed by atoms with Gasteiger partial charge in [0, 0.05) is 12.8 Å². The maximum Gasteiger partial charge on any atom is 0.472 e. The summed E-state index contributed by atoms with van der Waals surface area (Å²) in [5.74, 6) is -2.47. The van der Waals surface area contributed by atoms with E-state index in [0.717, 1.165) is 64.2 Å². The number of amides is 1. The Morgan fingerprint density at radius 1 is 0.579 bits per heavy atom. The minimum Gasteiger partial charge on any atom is -0.480 e. The fraction of sp³-hybridized carbons (Fsp3) is 0.622. The predicted octanol–water partition coefficient (Wildman–Crippen LogP) is 10.7. The van der Waals surface area contributed by atoms with Gasteiger partial charge < -0.3 is 25.2 Å². The third kappa shape index (κ3) is 39.3. The number of ether oxygens (including phenoxy) is 1. The maximum atomic E-state index is 12.3. The fourth-order valence-electron chi connectivity index (χ4n) is 5.18. The van der Waals surface area contributed by atoms with Gasteiger partial charge in [0.2, 0.25) is 5.91 Å². The van der Waals surface area contributed by atoms with Crippen LogP contribution in [0.4, 0.5) is 0 Å². The minimum atomic E-state index is -4.77. The van der Waals surface area contributed by atoms with Crippen LogP contribution >= 0.6 is 7.82 Å². The summed E-state index contributed by atoms with van der Waals surface area (Å²) in [6.07, 6.45) is 47.7. The van der Waals surface area contributed by atoms with Gasteiger partial charge in [-0.05, 0) is 64.2 Å². The first-order valence-corrected chi connectivity index (χ1v) is 22.6. The minimum absolute atomic E-state index is 0.0609. The lowest BCUT2D eigenvalue weighted by molar-refractivity contribution is -0.147. The Kier molecular flexibility index (Phi) is 37.2. The van der Waals surface area contributed by atoms with Crippen LogP contribution in [0.1, 0.15) is 149 Å². The standard InChI is InChI=1S/C45H74NO10P/c1-3-5-7-9-11-13-15-16-17-18-19-20-21-22-23-24-25-26-27-28-30-32-34-36-43(48)46-42(45(50)51)40-56-57(52,53)55-39-41(47)38-54-44(49)37-35-33-31-29-14-12-10-8-6-4-2/h5,7,11,13,16-17,19-20,22-23,25-26,28,30,41-42,47H,3-4,6,8-10,12,14-15,18,21,24,27,29,31-40H2,1-2H3,(H,46,48)(H,50,51)(H,52,53)/b7-5-,13-11-,17-16-,20-19-,23-22-,26-25-,30-28-. The zero-order valence-electron chi connectivity index (χ0n) is 34.9. The maximum absolute atomic E-state index is 12.3. The summed E-state index contributed by atoms with van der Waals surface area (Å²) in [6.45, 7) is 2.40. The van der Waals surface area contributed by atoms with Crippen molar-refractivity contribution in [3.8, 4) is 0 Å². The second-order valence-electron chi connectivity index (χ2n) is 13.8. The first kappa shape index (κ1) is 53.7. The highest BCUT2D eigenvalue weighted by Crippen LogP contribution is 2.43. The fourth-order valence-corrected chi connectivity index (χ4v) is 5.96. The van der Waals surface area contributed by atoms with Crippen molar-refractivity contribution in [2.75, 3.05) is 19.8 Å². The molecule has 0 aliphatic carbocycles. The molecule has 0 heterocycles. The molecule has 0 radical (unpaired) electrons.